The van der Waals surface area contributed by atoms with E-state index in [1.165, 1.54) is 31.4 Å². The van der Waals surface area contributed by atoms with Crippen LogP contribution in [0, 0.1) is 5.82 Å². The number of nitrogens with zero attached hydrogens (tertiary/aromatic N) is 2. The van der Waals surface area contributed by atoms with Crippen molar-refractivity contribution < 1.29 is 13.9 Å². The summed E-state index contributed by atoms with van der Waals surface area (Å²) in [5, 5.41) is 0. The summed E-state index contributed by atoms with van der Waals surface area (Å²) < 4.78 is 23.8. The minimum Gasteiger partial charge on any atom is -0.439 e. The van der Waals surface area contributed by atoms with E-state index in [1.807, 2.05) is 0 Å². The molecule has 2 N–H and O–H groups in total. The average Bonchev–Trinajstić information content (AvgIpc) is 2.33. The van der Waals surface area contributed by atoms with Gasteiger partial charge >= 0.3 is 0 Å². The van der Waals surface area contributed by atoms with Crippen LogP contribution in [-0.2, 0) is 11.3 Å². The van der Waals surface area contributed by atoms with Gasteiger partial charge in [-0.05, 0) is 34.1 Å². The lowest BCUT2D eigenvalue weighted by molar-refractivity contribution is 0.177. The van der Waals surface area contributed by atoms with Crippen molar-refractivity contribution in [3.8, 4) is 11.6 Å². The first-order valence-electron chi connectivity index (χ1n) is 5.34. The average molecular weight is 328 g/mol. The van der Waals surface area contributed by atoms with Crippen LogP contribution in [0.15, 0.2) is 28.7 Å². The zero-order valence-electron chi connectivity index (χ0n) is 10.1. The van der Waals surface area contributed by atoms with E-state index in [0.717, 1.165) is 0 Å². The van der Waals surface area contributed by atoms with Crippen LogP contribution in [0.5, 0.6) is 11.6 Å². The smallest absolute Gasteiger partial charge is 0.224 e. The molecule has 0 bridgehead atoms. The van der Waals surface area contributed by atoms with E-state index in [1.54, 1.807) is 0 Å². The molecule has 0 fully saturated rings. The summed E-state index contributed by atoms with van der Waals surface area (Å²) in [6.07, 6.45) is 0. The van der Waals surface area contributed by atoms with Crippen LogP contribution in [-0.4, -0.2) is 17.1 Å². The van der Waals surface area contributed by atoms with Gasteiger partial charge in [-0.15, -0.1) is 0 Å². The highest BCUT2D eigenvalue weighted by Crippen LogP contribution is 2.26. The molecule has 0 radical (unpaired) electrons. The van der Waals surface area contributed by atoms with E-state index in [-0.39, 0.29) is 24.1 Å². The number of hydrogen-bond donors (Lipinski definition) is 1. The van der Waals surface area contributed by atoms with Crippen LogP contribution in [0.2, 0.25) is 0 Å². The van der Waals surface area contributed by atoms with Crippen LogP contribution in [0.3, 0.4) is 0 Å². The fourth-order valence-corrected chi connectivity index (χ4v) is 1.76. The Hall–Kier alpha value is -1.73. The molecule has 0 atom stereocenters. The largest absolute Gasteiger partial charge is 0.439 e. The molecule has 0 saturated heterocycles. The Balaban J connectivity index is 2.24. The lowest BCUT2D eigenvalue weighted by Gasteiger charge is -2.07. The van der Waals surface area contributed by atoms with Crippen molar-refractivity contribution in [2.75, 3.05) is 12.8 Å². The second-order valence-electron chi connectivity index (χ2n) is 3.66. The summed E-state index contributed by atoms with van der Waals surface area (Å²) >= 11 is 3.08. The Bertz CT molecular complexity index is 595. The molecule has 19 heavy (non-hydrogen) atoms. The van der Waals surface area contributed by atoms with Crippen LogP contribution in [0.1, 0.15) is 5.82 Å². The fourth-order valence-electron chi connectivity index (χ4n) is 1.40. The summed E-state index contributed by atoms with van der Waals surface area (Å²) in [5.74, 6) is 1.04. The molecule has 0 amide bonds. The number of benzene rings is 1. The molecule has 2 rings (SSSR count). The summed E-state index contributed by atoms with van der Waals surface area (Å²) in [6, 6.07) is 5.77. The maximum Gasteiger partial charge on any atom is 0.224 e. The molecule has 0 unspecified atom stereocenters. The van der Waals surface area contributed by atoms with Crippen molar-refractivity contribution >= 4 is 21.7 Å². The molecule has 100 valence electrons. The summed E-state index contributed by atoms with van der Waals surface area (Å²) in [5.41, 5.74) is 5.64. The van der Waals surface area contributed by atoms with E-state index in [9.17, 15) is 4.39 Å². The van der Waals surface area contributed by atoms with Gasteiger partial charge in [-0.3, -0.25) is 0 Å². The normalized spacial score (nSPS) is 10.5. The predicted molar refractivity (Wildman–Crippen MR) is 71.3 cm³/mol. The number of halogens is 2. The van der Waals surface area contributed by atoms with Gasteiger partial charge < -0.3 is 15.2 Å². The van der Waals surface area contributed by atoms with Gasteiger partial charge in [0.1, 0.15) is 24.0 Å². The zero-order valence-corrected chi connectivity index (χ0v) is 11.6. The van der Waals surface area contributed by atoms with E-state index >= 15 is 0 Å². The Morgan fingerprint density at radius 2 is 2.11 bits per heavy atom. The molecule has 0 aliphatic rings. The van der Waals surface area contributed by atoms with Crippen molar-refractivity contribution in [2.24, 2.45) is 0 Å². The second-order valence-corrected chi connectivity index (χ2v) is 4.51. The van der Waals surface area contributed by atoms with Crippen molar-refractivity contribution in [3.05, 3.63) is 40.4 Å². The van der Waals surface area contributed by atoms with Gasteiger partial charge in [-0.2, -0.15) is 4.98 Å². The predicted octanol–water partition coefficient (Wildman–Crippen LogP) is 2.90. The number of aromatic nitrogens is 2. The van der Waals surface area contributed by atoms with Gasteiger partial charge in [0, 0.05) is 13.2 Å². The zero-order chi connectivity index (χ0) is 13.8. The number of nitrogen functional groups attached to an aromatic ring is 1. The number of ether oxygens (including phenoxy) is 2. The van der Waals surface area contributed by atoms with Gasteiger partial charge in [-0.1, -0.05) is 0 Å². The van der Waals surface area contributed by atoms with Gasteiger partial charge in [0.2, 0.25) is 5.88 Å². The molecule has 0 aliphatic heterocycles. The highest BCUT2D eigenvalue weighted by molar-refractivity contribution is 9.10. The lowest BCUT2D eigenvalue weighted by atomic mass is 10.3. The number of anilines is 1. The number of nitrogens with two attached hydrogens (primary N) is 1. The Morgan fingerprint density at radius 1 is 1.32 bits per heavy atom. The number of hydrogen-bond acceptors (Lipinski definition) is 5. The molecular weight excluding hydrogens is 317 g/mol. The molecule has 1 aromatic carbocycles. The molecule has 2 aromatic rings. The highest BCUT2D eigenvalue weighted by Gasteiger charge is 2.07. The number of rotatable bonds is 4. The van der Waals surface area contributed by atoms with Crippen molar-refractivity contribution in [1.29, 1.82) is 0 Å². The molecule has 1 heterocycles. The Kier molecular flexibility index (Phi) is 4.28. The molecule has 0 spiro atoms. The maximum absolute atomic E-state index is 13.1. The summed E-state index contributed by atoms with van der Waals surface area (Å²) in [6.45, 7) is 0.231. The van der Waals surface area contributed by atoms with E-state index < -0.39 is 0 Å². The number of methoxy groups -OCH3 is 1. The fraction of sp³-hybridized carbons (Fsp3) is 0.167. The Labute approximate surface area is 117 Å². The van der Waals surface area contributed by atoms with Crippen LogP contribution < -0.4 is 10.5 Å². The molecular formula is C12H11BrFN3O2. The first-order chi connectivity index (χ1) is 9.08. The van der Waals surface area contributed by atoms with E-state index in [4.69, 9.17) is 15.2 Å². The minimum absolute atomic E-state index is 0.231. The molecule has 1 aromatic heterocycles. The van der Waals surface area contributed by atoms with Crippen LogP contribution in [0.25, 0.3) is 0 Å². The molecule has 0 saturated carbocycles. The second kappa shape index (κ2) is 5.94. The van der Waals surface area contributed by atoms with Gasteiger partial charge in [0.25, 0.3) is 0 Å². The molecule has 7 heteroatoms. The topological polar surface area (TPSA) is 70.3 Å². The minimum atomic E-state index is -0.366. The third-order valence-corrected chi connectivity index (χ3v) is 2.76. The van der Waals surface area contributed by atoms with Crippen molar-refractivity contribution in [3.63, 3.8) is 0 Å². The maximum atomic E-state index is 13.1. The first-order valence-corrected chi connectivity index (χ1v) is 6.13. The highest BCUT2D eigenvalue weighted by atomic mass is 79.9. The monoisotopic (exact) mass is 327 g/mol. The third kappa shape index (κ3) is 3.62. The van der Waals surface area contributed by atoms with Gasteiger partial charge in [-0.25, -0.2) is 9.37 Å². The van der Waals surface area contributed by atoms with Crippen molar-refractivity contribution in [2.45, 2.75) is 6.61 Å². The SMILES string of the molecule is COCc1nc(N)cc(Oc2ccc(F)c(Br)c2)n1. The molecule has 5 nitrogen and oxygen atoms in total. The summed E-state index contributed by atoms with van der Waals surface area (Å²) in [4.78, 5) is 8.11. The van der Waals surface area contributed by atoms with E-state index in [2.05, 4.69) is 25.9 Å². The third-order valence-electron chi connectivity index (χ3n) is 2.16. The van der Waals surface area contributed by atoms with Crippen molar-refractivity contribution in [1.82, 2.24) is 9.97 Å². The Morgan fingerprint density at radius 3 is 2.79 bits per heavy atom. The van der Waals surface area contributed by atoms with Gasteiger partial charge in [0.05, 0.1) is 4.47 Å². The van der Waals surface area contributed by atoms with Crippen LogP contribution in [0.4, 0.5) is 10.2 Å². The lowest BCUT2D eigenvalue weighted by Crippen LogP contribution is -2.02. The standard InChI is InChI=1S/C12H11BrFN3O2/c1-18-6-11-16-10(15)5-12(17-11)19-7-2-3-9(14)8(13)4-7/h2-5H,6H2,1H3,(H2,15,16,17). The molecule has 0 aliphatic carbocycles. The van der Waals surface area contributed by atoms with E-state index in [0.29, 0.717) is 16.0 Å². The summed E-state index contributed by atoms with van der Waals surface area (Å²) in [7, 11) is 1.53. The quantitative estimate of drug-likeness (QED) is 0.934. The first kappa shape index (κ1) is 13.7. The van der Waals surface area contributed by atoms with Gasteiger partial charge in [0.15, 0.2) is 5.82 Å². The van der Waals surface area contributed by atoms with Crippen LogP contribution >= 0.6 is 15.9 Å².